The molecule has 8 heteroatoms. The Morgan fingerprint density at radius 1 is 1.23 bits per heavy atom. The van der Waals surface area contributed by atoms with Gasteiger partial charge >= 0.3 is 5.97 Å². The topological polar surface area (TPSA) is 88.9 Å². The van der Waals surface area contributed by atoms with Gasteiger partial charge < -0.3 is 19.4 Å². The van der Waals surface area contributed by atoms with E-state index in [2.05, 4.69) is 21.2 Å². The van der Waals surface area contributed by atoms with Crippen molar-refractivity contribution in [3.63, 3.8) is 0 Å². The van der Waals surface area contributed by atoms with Gasteiger partial charge in [-0.15, -0.1) is 0 Å². The molecule has 1 aliphatic rings. The molecule has 7 nitrogen and oxygen atoms in total. The lowest BCUT2D eigenvalue weighted by Gasteiger charge is -2.26. The van der Waals surface area contributed by atoms with E-state index in [-0.39, 0.29) is 24.8 Å². The van der Waals surface area contributed by atoms with Crippen LogP contribution in [0.2, 0.25) is 0 Å². The van der Waals surface area contributed by atoms with Crippen molar-refractivity contribution in [2.24, 2.45) is 0 Å². The maximum absolute atomic E-state index is 11.8. The Hall–Kier alpha value is -1.83. The van der Waals surface area contributed by atoms with Crippen molar-refractivity contribution in [2.45, 2.75) is 19.3 Å². The summed E-state index contributed by atoms with van der Waals surface area (Å²) in [5, 5.41) is 2.36. The zero-order chi connectivity index (χ0) is 15.9. The van der Waals surface area contributed by atoms with Gasteiger partial charge in [0.25, 0.3) is 11.8 Å². The number of rotatable bonds is 5. The van der Waals surface area contributed by atoms with Crippen LogP contribution in [0.15, 0.2) is 21.2 Å². The first-order chi connectivity index (χ1) is 10.6. The summed E-state index contributed by atoms with van der Waals surface area (Å²) >= 11 is 3.08. The zero-order valence-corrected chi connectivity index (χ0v) is 13.6. The molecule has 0 bridgehead atoms. The number of piperidine rings is 1. The van der Waals surface area contributed by atoms with Gasteiger partial charge in [0.15, 0.2) is 17.0 Å². The van der Waals surface area contributed by atoms with Crippen LogP contribution in [0.5, 0.6) is 0 Å². The summed E-state index contributed by atoms with van der Waals surface area (Å²) in [4.78, 5) is 36.7. The van der Waals surface area contributed by atoms with Crippen LogP contribution in [0.4, 0.5) is 0 Å². The Morgan fingerprint density at radius 2 is 1.95 bits per heavy atom. The van der Waals surface area contributed by atoms with Gasteiger partial charge in [-0.3, -0.25) is 14.4 Å². The van der Waals surface area contributed by atoms with Crippen molar-refractivity contribution < 1.29 is 23.5 Å². The smallest absolute Gasteiger partial charge is 0.325 e. The molecule has 1 aromatic rings. The van der Waals surface area contributed by atoms with Gasteiger partial charge in [-0.05, 0) is 47.3 Å². The van der Waals surface area contributed by atoms with Crippen LogP contribution < -0.4 is 5.32 Å². The van der Waals surface area contributed by atoms with E-state index >= 15 is 0 Å². The molecule has 2 rings (SSSR count). The van der Waals surface area contributed by atoms with Gasteiger partial charge in [0, 0.05) is 13.1 Å². The zero-order valence-electron chi connectivity index (χ0n) is 12.0. The average Bonchev–Trinajstić information content (AvgIpc) is 2.97. The SMILES string of the molecule is O=C(CNC(=O)c1ccc(Br)o1)OCC(=O)N1CCCCC1. The van der Waals surface area contributed by atoms with E-state index in [1.807, 2.05) is 0 Å². The van der Waals surface area contributed by atoms with Crippen LogP contribution in [-0.4, -0.2) is 48.9 Å². The quantitative estimate of drug-likeness (QED) is 0.787. The molecular weight excluding hydrogens is 356 g/mol. The number of carbonyl (C=O) groups excluding carboxylic acids is 3. The predicted octanol–water partition coefficient (Wildman–Crippen LogP) is 1.33. The fourth-order valence-corrected chi connectivity index (χ4v) is 2.41. The Morgan fingerprint density at radius 3 is 2.59 bits per heavy atom. The Labute approximate surface area is 136 Å². The number of ether oxygens (including phenoxy) is 1. The van der Waals surface area contributed by atoms with Crippen LogP contribution in [-0.2, 0) is 14.3 Å². The second kappa shape index (κ2) is 7.98. The monoisotopic (exact) mass is 372 g/mol. The summed E-state index contributed by atoms with van der Waals surface area (Å²) < 4.78 is 10.3. The van der Waals surface area contributed by atoms with E-state index < -0.39 is 11.9 Å². The van der Waals surface area contributed by atoms with Gasteiger partial charge in [0.05, 0.1) is 0 Å². The first-order valence-corrected chi connectivity index (χ1v) is 7.82. The summed E-state index contributed by atoms with van der Waals surface area (Å²) in [7, 11) is 0. The Balaban J connectivity index is 1.67. The van der Waals surface area contributed by atoms with Crippen molar-refractivity contribution in [1.29, 1.82) is 0 Å². The minimum absolute atomic E-state index is 0.0871. The number of furan rings is 1. The van der Waals surface area contributed by atoms with Gasteiger partial charge in [0.1, 0.15) is 6.54 Å². The third-order valence-electron chi connectivity index (χ3n) is 3.26. The van der Waals surface area contributed by atoms with Crippen LogP contribution in [0.25, 0.3) is 0 Å². The molecule has 1 aliphatic heterocycles. The number of hydrogen-bond donors (Lipinski definition) is 1. The Kier molecular flexibility index (Phi) is 6.00. The molecule has 0 saturated carbocycles. The van der Waals surface area contributed by atoms with E-state index in [0.717, 1.165) is 19.3 Å². The standard InChI is InChI=1S/C14H17BrN2O5/c15-11-5-4-10(22-11)14(20)16-8-13(19)21-9-12(18)17-6-2-1-3-7-17/h4-5H,1-3,6-9H2,(H,16,20). The normalized spacial score (nSPS) is 14.5. The predicted molar refractivity (Wildman–Crippen MR) is 80.1 cm³/mol. The number of amides is 2. The highest BCUT2D eigenvalue weighted by molar-refractivity contribution is 9.10. The van der Waals surface area contributed by atoms with Gasteiger partial charge in [-0.2, -0.15) is 0 Å². The third-order valence-corrected chi connectivity index (χ3v) is 3.68. The highest BCUT2D eigenvalue weighted by atomic mass is 79.9. The third kappa shape index (κ3) is 4.87. The lowest BCUT2D eigenvalue weighted by Crippen LogP contribution is -2.39. The molecule has 0 atom stereocenters. The average molecular weight is 373 g/mol. The van der Waals surface area contributed by atoms with Crippen molar-refractivity contribution in [3.8, 4) is 0 Å². The summed E-state index contributed by atoms with van der Waals surface area (Å²) in [6.45, 7) is 0.812. The number of nitrogens with one attached hydrogen (secondary N) is 1. The first-order valence-electron chi connectivity index (χ1n) is 7.03. The van der Waals surface area contributed by atoms with E-state index in [4.69, 9.17) is 9.15 Å². The molecule has 120 valence electrons. The minimum atomic E-state index is -0.663. The van der Waals surface area contributed by atoms with Crippen molar-refractivity contribution in [3.05, 3.63) is 22.6 Å². The second-order valence-corrected chi connectivity index (χ2v) is 5.67. The molecule has 0 aliphatic carbocycles. The van der Waals surface area contributed by atoms with Crippen molar-refractivity contribution in [2.75, 3.05) is 26.2 Å². The van der Waals surface area contributed by atoms with E-state index in [1.54, 1.807) is 11.0 Å². The molecule has 0 spiro atoms. The van der Waals surface area contributed by atoms with Gasteiger partial charge in [-0.1, -0.05) is 0 Å². The molecule has 0 radical (unpaired) electrons. The number of esters is 1. The van der Waals surface area contributed by atoms with Gasteiger partial charge in [0.2, 0.25) is 0 Å². The van der Waals surface area contributed by atoms with E-state index in [9.17, 15) is 14.4 Å². The van der Waals surface area contributed by atoms with E-state index in [0.29, 0.717) is 17.8 Å². The van der Waals surface area contributed by atoms with Crippen LogP contribution in [0.3, 0.4) is 0 Å². The molecule has 2 heterocycles. The largest absolute Gasteiger partial charge is 0.454 e. The fraction of sp³-hybridized carbons (Fsp3) is 0.500. The molecule has 2 amide bonds. The molecule has 0 unspecified atom stereocenters. The second-order valence-electron chi connectivity index (χ2n) is 4.89. The number of carbonyl (C=O) groups is 3. The number of likely N-dealkylation sites (tertiary alicyclic amines) is 1. The van der Waals surface area contributed by atoms with E-state index in [1.165, 1.54) is 6.07 Å². The summed E-state index contributed by atoms with van der Waals surface area (Å²) in [5.41, 5.74) is 0. The maximum atomic E-state index is 11.8. The lowest BCUT2D eigenvalue weighted by atomic mass is 10.1. The Bertz CT molecular complexity index is 551. The highest BCUT2D eigenvalue weighted by Crippen LogP contribution is 2.13. The first kappa shape index (κ1) is 16.5. The fourth-order valence-electron chi connectivity index (χ4n) is 2.10. The molecule has 22 heavy (non-hydrogen) atoms. The number of hydrogen-bond acceptors (Lipinski definition) is 5. The molecule has 1 N–H and O–H groups in total. The number of nitrogens with zero attached hydrogens (tertiary/aromatic N) is 1. The maximum Gasteiger partial charge on any atom is 0.325 e. The summed E-state index contributed by atoms with van der Waals surface area (Å²) in [6, 6.07) is 3.05. The molecule has 0 aromatic carbocycles. The van der Waals surface area contributed by atoms with Gasteiger partial charge in [-0.25, -0.2) is 0 Å². The van der Waals surface area contributed by atoms with Crippen LogP contribution in [0, 0.1) is 0 Å². The highest BCUT2D eigenvalue weighted by Gasteiger charge is 2.18. The summed E-state index contributed by atoms with van der Waals surface area (Å²) in [5.74, 6) is -1.30. The van der Waals surface area contributed by atoms with Crippen LogP contribution in [0.1, 0.15) is 29.8 Å². The van der Waals surface area contributed by atoms with Crippen molar-refractivity contribution in [1.82, 2.24) is 10.2 Å². The molecule has 1 saturated heterocycles. The summed E-state index contributed by atoms with van der Waals surface area (Å²) in [6.07, 6.45) is 3.08. The molecule has 1 fully saturated rings. The lowest BCUT2D eigenvalue weighted by molar-refractivity contribution is -0.151. The number of halogens is 1. The van der Waals surface area contributed by atoms with Crippen LogP contribution >= 0.6 is 15.9 Å². The molecular formula is C14H17BrN2O5. The minimum Gasteiger partial charge on any atom is -0.454 e. The molecule has 1 aromatic heterocycles. The van der Waals surface area contributed by atoms with Crippen molar-refractivity contribution >= 4 is 33.7 Å².